The molecule has 4 rings (SSSR count). The van der Waals surface area contributed by atoms with Gasteiger partial charge in [-0.25, -0.2) is 4.98 Å². The summed E-state index contributed by atoms with van der Waals surface area (Å²) < 4.78 is 2.08. The molecule has 28 heavy (non-hydrogen) atoms. The Kier molecular flexibility index (Phi) is 5.94. The predicted molar refractivity (Wildman–Crippen MR) is 120 cm³/mol. The third kappa shape index (κ3) is 4.06. The molecule has 4 aromatic rings. The molecule has 3 heterocycles. The first-order chi connectivity index (χ1) is 13.7. The van der Waals surface area contributed by atoms with Crippen LogP contribution in [0.25, 0.3) is 22.0 Å². The molecule has 0 bridgehead atoms. The fourth-order valence-electron chi connectivity index (χ4n) is 3.02. The summed E-state index contributed by atoms with van der Waals surface area (Å²) in [6, 6.07) is 10.6. The van der Waals surface area contributed by atoms with Crippen LogP contribution < -0.4 is 0 Å². The Balaban J connectivity index is 1.46. The van der Waals surface area contributed by atoms with Crippen LogP contribution in [0.15, 0.2) is 46.2 Å². The van der Waals surface area contributed by atoms with E-state index in [1.54, 1.807) is 34.4 Å². The highest BCUT2D eigenvalue weighted by Gasteiger charge is 2.14. The summed E-state index contributed by atoms with van der Waals surface area (Å²) in [5.41, 5.74) is 4.71. The quantitative estimate of drug-likeness (QED) is 0.329. The molecule has 144 valence electrons. The van der Waals surface area contributed by atoms with E-state index in [1.165, 1.54) is 16.0 Å². The van der Waals surface area contributed by atoms with Crippen LogP contribution in [0.2, 0.25) is 0 Å². The second-order valence-electron chi connectivity index (χ2n) is 6.66. The smallest absolute Gasteiger partial charge is 0.191 e. The molecule has 0 radical (unpaired) electrons. The number of hydrogen-bond donors (Lipinski definition) is 0. The van der Waals surface area contributed by atoms with E-state index in [2.05, 4.69) is 69.7 Å². The van der Waals surface area contributed by atoms with Gasteiger partial charge in [0.15, 0.2) is 11.0 Å². The van der Waals surface area contributed by atoms with E-state index in [0.29, 0.717) is 0 Å². The van der Waals surface area contributed by atoms with E-state index in [1.807, 2.05) is 7.05 Å². The number of aromatic nitrogens is 4. The van der Waals surface area contributed by atoms with Crippen molar-refractivity contribution in [3.05, 3.63) is 57.2 Å². The van der Waals surface area contributed by atoms with E-state index in [9.17, 15) is 0 Å². The Bertz CT molecular complexity index is 1080. The minimum absolute atomic E-state index is 0.791. The number of thiazole rings is 1. The van der Waals surface area contributed by atoms with E-state index in [0.717, 1.165) is 45.8 Å². The molecule has 4 nitrogen and oxygen atoms in total. The predicted octanol–water partition coefficient (Wildman–Crippen LogP) is 6.22. The van der Waals surface area contributed by atoms with Gasteiger partial charge in [0.25, 0.3) is 0 Å². The number of thiophene rings is 1. The van der Waals surface area contributed by atoms with Gasteiger partial charge in [-0.1, -0.05) is 49.4 Å². The van der Waals surface area contributed by atoms with Crippen molar-refractivity contribution in [1.82, 2.24) is 19.7 Å². The average Bonchev–Trinajstić information content (AvgIpc) is 3.41. The van der Waals surface area contributed by atoms with Crippen molar-refractivity contribution in [2.75, 3.05) is 0 Å². The maximum atomic E-state index is 4.82. The van der Waals surface area contributed by atoms with E-state index < -0.39 is 0 Å². The molecule has 0 saturated carbocycles. The van der Waals surface area contributed by atoms with Crippen molar-refractivity contribution < 1.29 is 0 Å². The molecule has 1 aromatic carbocycles. The Morgan fingerprint density at radius 1 is 1.11 bits per heavy atom. The number of rotatable bonds is 7. The Morgan fingerprint density at radius 3 is 2.79 bits per heavy atom. The van der Waals surface area contributed by atoms with E-state index >= 15 is 0 Å². The van der Waals surface area contributed by atoms with Crippen molar-refractivity contribution in [3.8, 4) is 22.0 Å². The first-order valence-corrected chi connectivity index (χ1v) is 12.0. The molecule has 0 aliphatic carbocycles. The molecule has 0 fully saturated rings. The molecule has 0 unspecified atom stereocenters. The molecular weight excluding hydrogens is 404 g/mol. The van der Waals surface area contributed by atoms with Crippen molar-refractivity contribution in [2.24, 2.45) is 7.05 Å². The van der Waals surface area contributed by atoms with Gasteiger partial charge < -0.3 is 4.57 Å². The number of benzene rings is 1. The maximum absolute atomic E-state index is 4.82. The number of nitrogens with zero attached hydrogens (tertiary/aromatic N) is 4. The van der Waals surface area contributed by atoms with Gasteiger partial charge in [-0.05, 0) is 25.0 Å². The maximum Gasteiger partial charge on any atom is 0.191 e. The zero-order valence-electron chi connectivity index (χ0n) is 16.2. The van der Waals surface area contributed by atoms with Crippen LogP contribution >= 0.6 is 34.4 Å². The highest BCUT2D eigenvalue weighted by Crippen LogP contribution is 2.31. The fourth-order valence-corrected chi connectivity index (χ4v) is 5.80. The first-order valence-electron chi connectivity index (χ1n) is 9.26. The SMILES string of the molecule is CCCc1cc(-c2nnc(SCc3csc(-c4ccccc4C)n3)n2C)cs1. The number of thioether (sulfide) groups is 1. The van der Waals surface area contributed by atoms with Crippen LogP contribution in [-0.4, -0.2) is 19.7 Å². The van der Waals surface area contributed by atoms with Gasteiger partial charge in [-0.2, -0.15) is 0 Å². The van der Waals surface area contributed by atoms with Gasteiger partial charge >= 0.3 is 0 Å². The van der Waals surface area contributed by atoms with E-state index in [4.69, 9.17) is 4.98 Å². The largest absolute Gasteiger partial charge is 0.305 e. The second kappa shape index (κ2) is 8.59. The minimum Gasteiger partial charge on any atom is -0.305 e. The molecule has 0 atom stereocenters. The Labute approximate surface area is 177 Å². The summed E-state index contributed by atoms with van der Waals surface area (Å²) in [4.78, 5) is 6.22. The number of hydrogen-bond acceptors (Lipinski definition) is 6. The molecule has 7 heteroatoms. The van der Waals surface area contributed by atoms with Crippen molar-refractivity contribution in [3.63, 3.8) is 0 Å². The highest BCUT2D eigenvalue weighted by molar-refractivity contribution is 7.98. The molecule has 3 aromatic heterocycles. The molecule has 0 aliphatic rings. The second-order valence-corrected chi connectivity index (χ2v) is 9.46. The van der Waals surface area contributed by atoms with Gasteiger partial charge in [-0.15, -0.1) is 32.9 Å². The number of aryl methyl sites for hydroxylation is 2. The lowest BCUT2D eigenvalue weighted by atomic mass is 10.1. The van der Waals surface area contributed by atoms with Crippen LogP contribution in [0.1, 0.15) is 29.5 Å². The van der Waals surface area contributed by atoms with Crippen LogP contribution in [0.4, 0.5) is 0 Å². The van der Waals surface area contributed by atoms with Crippen LogP contribution in [-0.2, 0) is 19.2 Å². The van der Waals surface area contributed by atoms with Crippen LogP contribution in [0, 0.1) is 6.92 Å². The Hall–Kier alpha value is -1.96. The lowest BCUT2D eigenvalue weighted by molar-refractivity contribution is 0.793. The van der Waals surface area contributed by atoms with Crippen molar-refractivity contribution in [1.29, 1.82) is 0 Å². The molecule has 0 aliphatic heterocycles. The summed E-state index contributed by atoms with van der Waals surface area (Å²) in [6.45, 7) is 4.34. The zero-order chi connectivity index (χ0) is 19.5. The fraction of sp³-hybridized carbons (Fsp3) is 0.286. The monoisotopic (exact) mass is 426 g/mol. The third-order valence-electron chi connectivity index (χ3n) is 4.52. The normalized spacial score (nSPS) is 11.2. The van der Waals surface area contributed by atoms with Gasteiger partial charge in [-0.3, -0.25) is 0 Å². The zero-order valence-corrected chi connectivity index (χ0v) is 18.6. The summed E-state index contributed by atoms with van der Waals surface area (Å²) in [7, 11) is 2.04. The molecular formula is C21H22N4S3. The molecule has 0 amide bonds. The summed E-state index contributed by atoms with van der Waals surface area (Å²) in [6.07, 6.45) is 2.29. The summed E-state index contributed by atoms with van der Waals surface area (Å²) in [5, 5.41) is 15.1. The van der Waals surface area contributed by atoms with E-state index in [-0.39, 0.29) is 0 Å². The first kappa shape index (κ1) is 19.4. The summed E-state index contributed by atoms with van der Waals surface area (Å²) >= 11 is 5.18. The lowest BCUT2D eigenvalue weighted by Gasteiger charge is -2.02. The molecule has 0 saturated heterocycles. The average molecular weight is 427 g/mol. The van der Waals surface area contributed by atoms with Gasteiger partial charge in [0.1, 0.15) is 5.01 Å². The Morgan fingerprint density at radius 2 is 1.96 bits per heavy atom. The minimum atomic E-state index is 0.791. The van der Waals surface area contributed by atoms with Crippen LogP contribution in [0.3, 0.4) is 0 Å². The van der Waals surface area contributed by atoms with Gasteiger partial charge in [0.05, 0.1) is 5.69 Å². The van der Waals surface area contributed by atoms with Crippen LogP contribution in [0.5, 0.6) is 0 Å². The third-order valence-corrected chi connectivity index (χ3v) is 7.49. The molecule has 0 spiro atoms. The van der Waals surface area contributed by atoms with Crippen molar-refractivity contribution >= 4 is 34.4 Å². The lowest BCUT2D eigenvalue weighted by Crippen LogP contribution is -1.94. The van der Waals surface area contributed by atoms with Gasteiger partial charge in [0.2, 0.25) is 0 Å². The standard InChI is InChI=1S/C21H22N4S3/c1-4-7-17-10-15(11-26-17)19-23-24-21(25(19)3)28-13-16-12-27-20(22-16)18-9-6-5-8-14(18)2/h5-6,8-12H,4,7,13H2,1-3H3. The summed E-state index contributed by atoms with van der Waals surface area (Å²) in [5.74, 6) is 1.72. The topological polar surface area (TPSA) is 43.6 Å². The highest BCUT2D eigenvalue weighted by atomic mass is 32.2. The van der Waals surface area contributed by atoms with Gasteiger partial charge in [0, 0.05) is 39.6 Å². The molecule has 0 N–H and O–H groups in total. The van der Waals surface area contributed by atoms with Crippen molar-refractivity contribution in [2.45, 2.75) is 37.6 Å².